The zero-order valence-corrected chi connectivity index (χ0v) is 14.2. The highest BCUT2D eigenvalue weighted by molar-refractivity contribution is 5.90. The fraction of sp³-hybridized carbons (Fsp3) is 0.278. The van der Waals surface area contributed by atoms with Gasteiger partial charge in [-0.15, -0.1) is 13.2 Å². The van der Waals surface area contributed by atoms with Crippen molar-refractivity contribution in [3.05, 3.63) is 58.4 Å². The monoisotopic (exact) mass is 424 g/mol. The van der Waals surface area contributed by atoms with Crippen molar-refractivity contribution in [3.63, 3.8) is 0 Å². The quantitative estimate of drug-likeness (QED) is 0.675. The molecule has 0 radical (unpaired) electrons. The van der Waals surface area contributed by atoms with Crippen molar-refractivity contribution in [2.24, 2.45) is 0 Å². The zero-order chi connectivity index (χ0) is 21.6. The van der Waals surface area contributed by atoms with Crippen molar-refractivity contribution in [3.8, 4) is 11.5 Å². The zero-order valence-electron chi connectivity index (χ0n) is 14.2. The highest BCUT2D eigenvalue weighted by atomic mass is 19.4. The maximum atomic E-state index is 14.4. The van der Waals surface area contributed by atoms with E-state index in [1.54, 1.807) is 0 Å². The number of carbonyl (C=O) groups is 1. The van der Waals surface area contributed by atoms with Gasteiger partial charge in [0.1, 0.15) is 17.3 Å². The topological polar surface area (TPSA) is 55.8 Å². The van der Waals surface area contributed by atoms with Gasteiger partial charge in [0.2, 0.25) is 0 Å². The second kappa shape index (κ2) is 7.12. The van der Waals surface area contributed by atoms with E-state index in [2.05, 4.69) is 4.74 Å². The van der Waals surface area contributed by atoms with Crippen LogP contribution in [0.5, 0.6) is 11.5 Å². The molecule has 2 aromatic rings. The number of fused-ring (bicyclic) bond motifs is 1. The fourth-order valence-electron chi connectivity index (χ4n) is 3.21. The molecule has 2 aromatic carbocycles. The van der Waals surface area contributed by atoms with Crippen LogP contribution in [-0.2, 0) is 6.18 Å². The fourth-order valence-corrected chi connectivity index (χ4v) is 3.21. The summed E-state index contributed by atoms with van der Waals surface area (Å²) in [5, 5.41) is 9.30. The van der Waals surface area contributed by atoms with Crippen LogP contribution in [0.1, 0.15) is 39.4 Å². The Labute approximate surface area is 158 Å². The van der Waals surface area contributed by atoms with E-state index in [0.29, 0.717) is 6.07 Å². The number of benzene rings is 2. The van der Waals surface area contributed by atoms with Gasteiger partial charge < -0.3 is 14.6 Å². The molecule has 29 heavy (non-hydrogen) atoms. The Morgan fingerprint density at radius 2 is 1.72 bits per heavy atom. The SMILES string of the molecule is O=C(O)c1c(C2CCOc3cc(OC(F)(F)F)ccc32)ccc(C(F)(F)F)c1F. The summed E-state index contributed by atoms with van der Waals surface area (Å²) >= 11 is 0. The molecule has 4 nitrogen and oxygen atoms in total. The average Bonchev–Trinajstić information content (AvgIpc) is 2.57. The number of aromatic carboxylic acids is 1. The predicted molar refractivity (Wildman–Crippen MR) is 83.4 cm³/mol. The van der Waals surface area contributed by atoms with Crippen molar-refractivity contribution < 1.29 is 50.1 Å². The van der Waals surface area contributed by atoms with Gasteiger partial charge in [0, 0.05) is 17.5 Å². The van der Waals surface area contributed by atoms with E-state index in [9.17, 15) is 40.6 Å². The average molecular weight is 424 g/mol. The molecular weight excluding hydrogens is 413 g/mol. The van der Waals surface area contributed by atoms with Crippen LogP contribution in [-0.4, -0.2) is 24.0 Å². The van der Waals surface area contributed by atoms with E-state index in [4.69, 9.17) is 4.74 Å². The standard InChI is InChI=1S/C18H11F7O4/c19-15-12(17(20,21)22)4-3-11(14(15)16(26)27)9-5-6-28-13-7-8(1-2-10(9)13)29-18(23,24)25/h1-4,7,9H,5-6H2,(H,26,27). The van der Waals surface area contributed by atoms with Crippen LogP contribution in [0, 0.1) is 5.82 Å². The molecule has 1 unspecified atom stereocenters. The molecule has 3 rings (SSSR count). The van der Waals surface area contributed by atoms with Crippen LogP contribution in [0.2, 0.25) is 0 Å². The molecule has 0 spiro atoms. The number of alkyl halides is 6. The Kier molecular flexibility index (Phi) is 5.10. The normalized spacial score (nSPS) is 16.7. The van der Waals surface area contributed by atoms with Gasteiger partial charge in [-0.05, 0) is 24.1 Å². The minimum absolute atomic E-state index is 0.0698. The third-order valence-corrected chi connectivity index (χ3v) is 4.33. The van der Waals surface area contributed by atoms with E-state index in [1.165, 1.54) is 6.07 Å². The summed E-state index contributed by atoms with van der Waals surface area (Å²) in [4.78, 5) is 11.5. The van der Waals surface area contributed by atoms with E-state index < -0.39 is 47.1 Å². The molecule has 1 heterocycles. The van der Waals surface area contributed by atoms with Gasteiger partial charge in [0.25, 0.3) is 0 Å². The Balaban J connectivity index is 2.09. The molecule has 0 fully saturated rings. The van der Waals surface area contributed by atoms with Crippen LogP contribution < -0.4 is 9.47 Å². The van der Waals surface area contributed by atoms with Gasteiger partial charge in [0.15, 0.2) is 0 Å². The highest BCUT2D eigenvalue weighted by Crippen LogP contribution is 2.43. The van der Waals surface area contributed by atoms with Crippen LogP contribution in [0.4, 0.5) is 30.7 Å². The summed E-state index contributed by atoms with van der Waals surface area (Å²) in [6, 6.07) is 4.34. The third kappa shape index (κ3) is 4.22. The van der Waals surface area contributed by atoms with E-state index in [-0.39, 0.29) is 29.9 Å². The minimum Gasteiger partial charge on any atom is -0.493 e. The second-order valence-corrected chi connectivity index (χ2v) is 6.13. The first-order valence-electron chi connectivity index (χ1n) is 8.04. The van der Waals surface area contributed by atoms with Gasteiger partial charge in [-0.2, -0.15) is 13.2 Å². The van der Waals surface area contributed by atoms with Gasteiger partial charge >= 0.3 is 18.5 Å². The van der Waals surface area contributed by atoms with Crippen LogP contribution >= 0.6 is 0 Å². The largest absolute Gasteiger partial charge is 0.573 e. The first-order valence-corrected chi connectivity index (χ1v) is 8.04. The first-order chi connectivity index (χ1) is 13.4. The summed E-state index contributed by atoms with van der Waals surface area (Å²) in [5.74, 6) is -5.38. The second-order valence-electron chi connectivity index (χ2n) is 6.13. The van der Waals surface area contributed by atoms with Crippen molar-refractivity contribution in [2.45, 2.75) is 24.9 Å². The number of carboxylic acid groups (broad SMARTS) is 1. The molecule has 1 aliphatic rings. The number of carboxylic acids is 1. The molecule has 0 aliphatic carbocycles. The third-order valence-electron chi connectivity index (χ3n) is 4.33. The molecular formula is C18H11F7O4. The lowest BCUT2D eigenvalue weighted by Gasteiger charge is -2.28. The summed E-state index contributed by atoms with van der Waals surface area (Å²) in [7, 11) is 0. The van der Waals surface area contributed by atoms with Gasteiger partial charge in [-0.25, -0.2) is 9.18 Å². The van der Waals surface area contributed by atoms with Crippen molar-refractivity contribution >= 4 is 5.97 Å². The van der Waals surface area contributed by atoms with Crippen molar-refractivity contribution in [1.29, 1.82) is 0 Å². The highest BCUT2D eigenvalue weighted by Gasteiger charge is 2.39. The molecule has 0 amide bonds. The lowest BCUT2D eigenvalue weighted by atomic mass is 9.83. The molecule has 11 heteroatoms. The molecule has 1 atom stereocenters. The lowest BCUT2D eigenvalue weighted by Crippen LogP contribution is -2.21. The molecule has 0 saturated carbocycles. The van der Waals surface area contributed by atoms with Crippen molar-refractivity contribution in [1.82, 2.24) is 0 Å². The van der Waals surface area contributed by atoms with Crippen LogP contribution in [0.25, 0.3) is 0 Å². The Bertz CT molecular complexity index is 950. The van der Waals surface area contributed by atoms with Gasteiger partial charge in [-0.1, -0.05) is 12.1 Å². The minimum atomic E-state index is -5.09. The summed E-state index contributed by atoms with van der Waals surface area (Å²) in [5.41, 5.74) is -2.90. The van der Waals surface area contributed by atoms with Crippen LogP contribution in [0.15, 0.2) is 30.3 Å². The Morgan fingerprint density at radius 1 is 1.07 bits per heavy atom. The smallest absolute Gasteiger partial charge is 0.493 e. The summed E-state index contributed by atoms with van der Waals surface area (Å²) in [6.45, 7) is -0.0746. The Morgan fingerprint density at radius 3 is 2.31 bits per heavy atom. The lowest BCUT2D eigenvalue weighted by molar-refractivity contribution is -0.274. The number of hydrogen-bond acceptors (Lipinski definition) is 3. The van der Waals surface area contributed by atoms with Gasteiger partial charge in [-0.3, -0.25) is 0 Å². The molecule has 0 bridgehead atoms. The summed E-state index contributed by atoms with van der Waals surface area (Å²) < 4.78 is 99.3. The van der Waals surface area contributed by atoms with E-state index in [0.717, 1.165) is 18.2 Å². The van der Waals surface area contributed by atoms with Crippen LogP contribution in [0.3, 0.4) is 0 Å². The Hall–Kier alpha value is -2.98. The molecule has 1 aliphatic heterocycles. The van der Waals surface area contributed by atoms with Gasteiger partial charge in [0.05, 0.1) is 17.7 Å². The number of rotatable bonds is 3. The number of halogens is 7. The maximum Gasteiger partial charge on any atom is 0.573 e. The van der Waals surface area contributed by atoms with E-state index in [1.807, 2.05) is 0 Å². The van der Waals surface area contributed by atoms with E-state index >= 15 is 0 Å². The van der Waals surface area contributed by atoms with Crippen molar-refractivity contribution in [2.75, 3.05) is 6.61 Å². The predicted octanol–water partition coefficient (Wildman–Crippen LogP) is 5.36. The number of ether oxygens (including phenoxy) is 2. The molecule has 0 aromatic heterocycles. The first kappa shape index (κ1) is 20.7. The molecule has 0 saturated heterocycles. The molecule has 1 N–H and O–H groups in total. The summed E-state index contributed by atoms with van der Waals surface area (Å²) in [6.07, 6.45) is -9.96. The number of hydrogen-bond donors (Lipinski definition) is 1. The maximum absolute atomic E-state index is 14.4. The molecule has 156 valence electrons.